The SMILES string of the molecule is COC(=O)Cn1c(CCCl)nc2c(F)cccc21. The number of nitrogens with zero attached hydrogens (tertiary/aromatic N) is 2. The average molecular weight is 271 g/mol. The number of rotatable bonds is 4. The molecular weight excluding hydrogens is 259 g/mol. The molecule has 0 aliphatic rings. The Labute approximate surface area is 108 Å². The van der Waals surface area contributed by atoms with Crippen LogP contribution in [0, 0.1) is 5.82 Å². The number of alkyl halides is 1. The van der Waals surface area contributed by atoms with E-state index in [2.05, 4.69) is 9.72 Å². The third-order valence-electron chi connectivity index (χ3n) is 2.64. The second kappa shape index (κ2) is 5.35. The molecule has 0 amide bonds. The maximum Gasteiger partial charge on any atom is 0.325 e. The highest BCUT2D eigenvalue weighted by molar-refractivity contribution is 6.17. The van der Waals surface area contributed by atoms with Crippen molar-refractivity contribution in [3.05, 3.63) is 29.8 Å². The van der Waals surface area contributed by atoms with Gasteiger partial charge in [0, 0.05) is 12.3 Å². The van der Waals surface area contributed by atoms with Gasteiger partial charge in [-0.3, -0.25) is 4.79 Å². The number of hydrogen-bond donors (Lipinski definition) is 0. The van der Waals surface area contributed by atoms with Crippen molar-refractivity contribution in [3.63, 3.8) is 0 Å². The van der Waals surface area contributed by atoms with E-state index in [0.29, 0.717) is 23.6 Å². The normalized spacial score (nSPS) is 10.8. The molecule has 1 aromatic heterocycles. The van der Waals surface area contributed by atoms with Crippen molar-refractivity contribution in [2.24, 2.45) is 0 Å². The Balaban J connectivity index is 2.55. The van der Waals surface area contributed by atoms with Crippen LogP contribution in [0.5, 0.6) is 0 Å². The van der Waals surface area contributed by atoms with E-state index in [4.69, 9.17) is 11.6 Å². The third-order valence-corrected chi connectivity index (χ3v) is 2.83. The van der Waals surface area contributed by atoms with Crippen LogP contribution in [0.2, 0.25) is 0 Å². The minimum Gasteiger partial charge on any atom is -0.468 e. The molecule has 0 unspecified atom stereocenters. The molecule has 0 aliphatic heterocycles. The second-order valence-electron chi connectivity index (χ2n) is 3.74. The fourth-order valence-corrected chi connectivity index (χ4v) is 1.98. The van der Waals surface area contributed by atoms with E-state index in [1.807, 2.05) is 0 Å². The molecule has 1 aromatic carbocycles. The predicted molar refractivity (Wildman–Crippen MR) is 66.1 cm³/mol. The largest absolute Gasteiger partial charge is 0.468 e. The first kappa shape index (κ1) is 12.8. The molecule has 4 nitrogen and oxygen atoms in total. The summed E-state index contributed by atoms with van der Waals surface area (Å²) in [5, 5.41) is 0. The summed E-state index contributed by atoms with van der Waals surface area (Å²) in [5.41, 5.74) is 0.821. The Bertz CT molecular complexity index is 583. The molecule has 2 aromatic rings. The van der Waals surface area contributed by atoms with Crippen molar-refractivity contribution in [3.8, 4) is 0 Å². The number of aryl methyl sites for hydroxylation is 1. The van der Waals surface area contributed by atoms with E-state index < -0.39 is 11.8 Å². The molecule has 0 saturated heterocycles. The first-order valence-corrected chi connectivity index (χ1v) is 5.97. The van der Waals surface area contributed by atoms with Gasteiger partial charge in [-0.1, -0.05) is 6.07 Å². The van der Waals surface area contributed by atoms with Crippen molar-refractivity contribution < 1.29 is 13.9 Å². The first-order chi connectivity index (χ1) is 8.67. The fraction of sp³-hybridized carbons (Fsp3) is 0.333. The van der Waals surface area contributed by atoms with E-state index in [1.165, 1.54) is 13.2 Å². The van der Waals surface area contributed by atoms with E-state index >= 15 is 0 Å². The van der Waals surface area contributed by atoms with Crippen molar-refractivity contribution in [1.29, 1.82) is 0 Å². The number of hydrogen-bond acceptors (Lipinski definition) is 3. The number of benzene rings is 1. The zero-order valence-electron chi connectivity index (χ0n) is 9.82. The van der Waals surface area contributed by atoms with Crippen molar-refractivity contribution in [2.75, 3.05) is 13.0 Å². The first-order valence-electron chi connectivity index (χ1n) is 5.43. The quantitative estimate of drug-likeness (QED) is 0.631. The van der Waals surface area contributed by atoms with Crippen molar-refractivity contribution in [1.82, 2.24) is 9.55 Å². The maximum absolute atomic E-state index is 13.6. The zero-order chi connectivity index (χ0) is 13.1. The number of para-hydroxylation sites is 1. The smallest absolute Gasteiger partial charge is 0.325 e. The highest BCUT2D eigenvalue weighted by Crippen LogP contribution is 2.19. The molecule has 0 aliphatic carbocycles. The molecule has 2 rings (SSSR count). The van der Waals surface area contributed by atoms with Gasteiger partial charge in [0.2, 0.25) is 0 Å². The second-order valence-corrected chi connectivity index (χ2v) is 4.11. The van der Waals surface area contributed by atoms with Gasteiger partial charge in [0.25, 0.3) is 0 Å². The number of methoxy groups -OCH3 is 1. The van der Waals surface area contributed by atoms with E-state index in [0.717, 1.165) is 0 Å². The summed E-state index contributed by atoms with van der Waals surface area (Å²) in [6, 6.07) is 4.63. The molecule has 96 valence electrons. The van der Waals surface area contributed by atoms with Crippen LogP contribution < -0.4 is 0 Å². The van der Waals surface area contributed by atoms with E-state index in [1.54, 1.807) is 16.7 Å². The molecule has 6 heteroatoms. The van der Waals surface area contributed by atoms with Crippen LogP contribution in [0.3, 0.4) is 0 Å². The van der Waals surface area contributed by atoms with Crippen LogP contribution in [0.25, 0.3) is 11.0 Å². The highest BCUT2D eigenvalue weighted by atomic mass is 35.5. The third kappa shape index (κ3) is 2.31. The molecule has 0 N–H and O–H groups in total. The molecule has 0 atom stereocenters. The van der Waals surface area contributed by atoms with Gasteiger partial charge in [-0.25, -0.2) is 9.37 Å². The lowest BCUT2D eigenvalue weighted by atomic mass is 10.3. The van der Waals surface area contributed by atoms with Gasteiger partial charge in [0.15, 0.2) is 5.82 Å². The number of esters is 1. The summed E-state index contributed by atoms with van der Waals surface area (Å²) in [4.78, 5) is 15.6. The minimum absolute atomic E-state index is 0.00265. The summed E-state index contributed by atoms with van der Waals surface area (Å²) < 4.78 is 19.9. The van der Waals surface area contributed by atoms with Gasteiger partial charge in [-0.05, 0) is 12.1 Å². The topological polar surface area (TPSA) is 44.1 Å². The molecule has 0 bridgehead atoms. The monoisotopic (exact) mass is 270 g/mol. The molecular formula is C12H12ClFN2O2. The molecule has 0 saturated carbocycles. The Morgan fingerprint density at radius 1 is 1.56 bits per heavy atom. The standard InChI is InChI=1S/C12H12ClFN2O2/c1-18-11(17)7-16-9-4-2-3-8(14)12(9)15-10(16)5-6-13/h2-4H,5-7H2,1H3. The summed E-state index contributed by atoms with van der Waals surface area (Å²) in [5.74, 6) is 0.114. The number of fused-ring (bicyclic) bond motifs is 1. The summed E-state index contributed by atoms with van der Waals surface area (Å²) >= 11 is 5.68. The lowest BCUT2D eigenvalue weighted by molar-refractivity contribution is -0.141. The fourth-order valence-electron chi connectivity index (χ4n) is 1.81. The van der Waals surface area contributed by atoms with Gasteiger partial charge in [0.1, 0.15) is 17.9 Å². The summed E-state index contributed by atoms with van der Waals surface area (Å²) in [7, 11) is 1.31. The molecule has 0 radical (unpaired) electrons. The minimum atomic E-state index is -0.410. The Kier molecular flexibility index (Phi) is 3.81. The van der Waals surface area contributed by atoms with Gasteiger partial charge in [0.05, 0.1) is 12.6 Å². The lowest BCUT2D eigenvalue weighted by Gasteiger charge is -2.06. The lowest BCUT2D eigenvalue weighted by Crippen LogP contribution is -2.14. The average Bonchev–Trinajstić information content (AvgIpc) is 2.70. The van der Waals surface area contributed by atoms with Gasteiger partial charge < -0.3 is 9.30 Å². The predicted octanol–water partition coefficient (Wildman–Crippen LogP) is 2.13. The number of ether oxygens (including phenoxy) is 1. The van der Waals surface area contributed by atoms with E-state index in [-0.39, 0.29) is 12.1 Å². The zero-order valence-corrected chi connectivity index (χ0v) is 10.6. The van der Waals surface area contributed by atoms with Gasteiger partial charge in [-0.15, -0.1) is 11.6 Å². The van der Waals surface area contributed by atoms with Crippen LogP contribution in [0.1, 0.15) is 5.82 Å². The Morgan fingerprint density at radius 3 is 3.00 bits per heavy atom. The molecule has 1 heterocycles. The van der Waals surface area contributed by atoms with Crippen LogP contribution in [-0.4, -0.2) is 28.5 Å². The number of imidazole rings is 1. The Hall–Kier alpha value is -1.62. The molecule has 0 fully saturated rings. The molecule has 18 heavy (non-hydrogen) atoms. The van der Waals surface area contributed by atoms with Gasteiger partial charge >= 0.3 is 5.97 Å². The number of carbonyl (C=O) groups is 1. The van der Waals surface area contributed by atoms with Crippen LogP contribution >= 0.6 is 11.6 Å². The van der Waals surface area contributed by atoms with Crippen LogP contribution in [0.4, 0.5) is 4.39 Å². The summed E-state index contributed by atoms with van der Waals surface area (Å²) in [6.45, 7) is 0.00265. The van der Waals surface area contributed by atoms with Crippen LogP contribution in [-0.2, 0) is 22.5 Å². The van der Waals surface area contributed by atoms with Crippen molar-refractivity contribution >= 4 is 28.6 Å². The maximum atomic E-state index is 13.6. The summed E-state index contributed by atoms with van der Waals surface area (Å²) in [6.07, 6.45) is 0.465. The molecule has 0 spiro atoms. The highest BCUT2D eigenvalue weighted by Gasteiger charge is 2.15. The van der Waals surface area contributed by atoms with Gasteiger partial charge in [-0.2, -0.15) is 0 Å². The van der Waals surface area contributed by atoms with Crippen molar-refractivity contribution in [2.45, 2.75) is 13.0 Å². The number of halogens is 2. The number of aromatic nitrogens is 2. The number of carbonyl (C=O) groups excluding carboxylic acids is 1. The van der Waals surface area contributed by atoms with E-state index in [9.17, 15) is 9.18 Å². The van der Waals surface area contributed by atoms with Crippen LogP contribution in [0.15, 0.2) is 18.2 Å². The Morgan fingerprint density at radius 2 is 2.33 bits per heavy atom.